The predicted molar refractivity (Wildman–Crippen MR) is 50.7 cm³/mol. The van der Waals surface area contributed by atoms with E-state index in [4.69, 9.17) is 4.74 Å². The molecule has 1 saturated heterocycles. The molecule has 2 atom stereocenters. The lowest BCUT2D eigenvalue weighted by Crippen LogP contribution is -2.55. The first-order chi connectivity index (χ1) is 6.13. The molecule has 0 spiro atoms. The van der Waals surface area contributed by atoms with Crippen LogP contribution in [0.3, 0.4) is 0 Å². The van der Waals surface area contributed by atoms with Gasteiger partial charge in [-0.15, -0.1) is 0 Å². The summed E-state index contributed by atoms with van der Waals surface area (Å²) < 4.78 is 4.94. The van der Waals surface area contributed by atoms with Crippen molar-refractivity contribution in [3.05, 3.63) is 0 Å². The molecule has 0 bridgehead atoms. The number of carbonyl (C=O) groups excluding carboxylic acids is 1. The van der Waals surface area contributed by atoms with Crippen molar-refractivity contribution in [2.75, 3.05) is 19.7 Å². The first-order valence-corrected chi connectivity index (χ1v) is 4.81. The number of amides is 1. The van der Waals surface area contributed by atoms with Crippen LogP contribution in [-0.2, 0) is 4.74 Å². The van der Waals surface area contributed by atoms with Gasteiger partial charge in [-0.2, -0.15) is 0 Å². The molecule has 1 aliphatic rings. The Morgan fingerprint density at radius 3 is 2.46 bits per heavy atom. The summed E-state index contributed by atoms with van der Waals surface area (Å²) in [5.74, 6) is 0. The second-order valence-corrected chi connectivity index (χ2v) is 3.57. The summed E-state index contributed by atoms with van der Waals surface area (Å²) in [5, 5.41) is 3.36. The van der Waals surface area contributed by atoms with Gasteiger partial charge in [0.05, 0.1) is 6.61 Å². The van der Waals surface area contributed by atoms with Crippen LogP contribution in [0.15, 0.2) is 0 Å². The van der Waals surface area contributed by atoms with Crippen molar-refractivity contribution in [3.63, 3.8) is 0 Å². The molecule has 4 heteroatoms. The van der Waals surface area contributed by atoms with Crippen LogP contribution >= 0.6 is 0 Å². The maximum atomic E-state index is 11.4. The normalized spacial score (nSPS) is 28.7. The molecular formula is C9H18N2O2. The lowest BCUT2D eigenvalue weighted by atomic mass is 10.2. The molecule has 1 N–H and O–H groups in total. The quantitative estimate of drug-likeness (QED) is 0.659. The third-order valence-corrected chi connectivity index (χ3v) is 2.08. The van der Waals surface area contributed by atoms with Crippen molar-refractivity contribution >= 4 is 6.09 Å². The van der Waals surface area contributed by atoms with Gasteiger partial charge in [-0.1, -0.05) is 0 Å². The van der Waals surface area contributed by atoms with Crippen LogP contribution in [0.2, 0.25) is 0 Å². The van der Waals surface area contributed by atoms with Crippen LogP contribution in [0.1, 0.15) is 20.8 Å². The van der Waals surface area contributed by atoms with E-state index in [2.05, 4.69) is 19.2 Å². The van der Waals surface area contributed by atoms with Gasteiger partial charge in [0.2, 0.25) is 0 Å². The van der Waals surface area contributed by atoms with Crippen LogP contribution in [0.4, 0.5) is 4.79 Å². The van der Waals surface area contributed by atoms with Crippen molar-refractivity contribution in [3.8, 4) is 0 Å². The van der Waals surface area contributed by atoms with Crippen molar-refractivity contribution in [2.24, 2.45) is 0 Å². The van der Waals surface area contributed by atoms with Crippen LogP contribution in [0, 0.1) is 0 Å². The van der Waals surface area contributed by atoms with Gasteiger partial charge >= 0.3 is 6.09 Å². The topological polar surface area (TPSA) is 41.6 Å². The Morgan fingerprint density at radius 2 is 2.00 bits per heavy atom. The summed E-state index contributed by atoms with van der Waals surface area (Å²) in [6.07, 6.45) is -0.192. The number of hydrogen-bond acceptors (Lipinski definition) is 3. The van der Waals surface area contributed by atoms with Gasteiger partial charge in [-0.25, -0.2) is 4.79 Å². The minimum Gasteiger partial charge on any atom is -0.450 e. The highest BCUT2D eigenvalue weighted by Crippen LogP contribution is 2.05. The van der Waals surface area contributed by atoms with Crippen molar-refractivity contribution in [2.45, 2.75) is 32.9 Å². The summed E-state index contributed by atoms with van der Waals surface area (Å²) >= 11 is 0. The summed E-state index contributed by atoms with van der Waals surface area (Å²) in [6.45, 7) is 7.90. The van der Waals surface area contributed by atoms with E-state index in [1.807, 2.05) is 6.92 Å². The fraction of sp³-hybridized carbons (Fsp3) is 0.889. The molecule has 1 fully saturated rings. The molecule has 0 saturated carbocycles. The minimum absolute atomic E-state index is 0.192. The highest BCUT2D eigenvalue weighted by atomic mass is 16.6. The van der Waals surface area contributed by atoms with E-state index in [0.717, 1.165) is 13.1 Å². The first-order valence-electron chi connectivity index (χ1n) is 4.81. The highest BCUT2D eigenvalue weighted by Gasteiger charge is 2.25. The summed E-state index contributed by atoms with van der Waals surface area (Å²) in [5.41, 5.74) is 0. The van der Waals surface area contributed by atoms with Crippen molar-refractivity contribution in [1.29, 1.82) is 0 Å². The molecule has 0 aromatic heterocycles. The molecule has 0 aliphatic carbocycles. The molecular weight excluding hydrogens is 168 g/mol. The molecule has 13 heavy (non-hydrogen) atoms. The van der Waals surface area contributed by atoms with Gasteiger partial charge in [0.1, 0.15) is 0 Å². The second-order valence-electron chi connectivity index (χ2n) is 3.57. The van der Waals surface area contributed by atoms with Gasteiger partial charge < -0.3 is 15.0 Å². The average molecular weight is 186 g/mol. The number of nitrogens with zero attached hydrogens (tertiary/aromatic N) is 1. The number of hydrogen-bond donors (Lipinski definition) is 1. The first kappa shape index (κ1) is 10.3. The maximum Gasteiger partial charge on any atom is 0.409 e. The van der Waals surface area contributed by atoms with Gasteiger partial charge in [0.15, 0.2) is 0 Å². The monoisotopic (exact) mass is 186 g/mol. The van der Waals surface area contributed by atoms with E-state index in [9.17, 15) is 4.79 Å². The molecule has 1 rings (SSSR count). The maximum absolute atomic E-state index is 11.4. The zero-order valence-corrected chi connectivity index (χ0v) is 8.54. The molecule has 0 unspecified atom stereocenters. The highest BCUT2D eigenvalue weighted by molar-refractivity contribution is 5.67. The van der Waals surface area contributed by atoms with E-state index < -0.39 is 0 Å². The van der Waals surface area contributed by atoms with Crippen molar-refractivity contribution in [1.82, 2.24) is 10.2 Å². The standard InChI is InChI=1S/C9H18N2O2/c1-4-13-9(12)11-5-7(2)10-8(3)6-11/h7-8,10H,4-6H2,1-3H3/t7-,8-/m0/s1. The lowest BCUT2D eigenvalue weighted by Gasteiger charge is -2.35. The molecule has 1 amide bonds. The molecule has 76 valence electrons. The molecule has 1 aliphatic heterocycles. The van der Waals surface area contributed by atoms with E-state index in [1.54, 1.807) is 4.90 Å². The van der Waals surface area contributed by atoms with Crippen LogP contribution in [-0.4, -0.2) is 42.8 Å². The largest absolute Gasteiger partial charge is 0.450 e. The fourth-order valence-corrected chi connectivity index (χ4v) is 1.69. The molecule has 0 radical (unpaired) electrons. The zero-order valence-electron chi connectivity index (χ0n) is 8.54. The molecule has 0 aromatic rings. The Bertz CT molecular complexity index is 174. The van der Waals surface area contributed by atoms with Gasteiger partial charge in [0.25, 0.3) is 0 Å². The second kappa shape index (κ2) is 4.46. The lowest BCUT2D eigenvalue weighted by molar-refractivity contribution is 0.0884. The SMILES string of the molecule is CCOC(=O)N1C[C@H](C)N[C@@H](C)C1. The van der Waals surface area contributed by atoms with Gasteiger partial charge in [-0.05, 0) is 20.8 Å². The van der Waals surface area contributed by atoms with Crippen LogP contribution in [0.5, 0.6) is 0 Å². The number of piperazine rings is 1. The third kappa shape index (κ3) is 2.88. The average Bonchev–Trinajstić information content (AvgIpc) is 2.03. The van der Waals surface area contributed by atoms with Gasteiger partial charge in [0, 0.05) is 25.2 Å². The zero-order chi connectivity index (χ0) is 9.84. The predicted octanol–water partition coefficient (Wildman–Crippen LogP) is 0.825. The van der Waals surface area contributed by atoms with Crippen LogP contribution < -0.4 is 5.32 Å². The third-order valence-electron chi connectivity index (χ3n) is 2.08. The summed E-state index contributed by atoms with van der Waals surface area (Å²) in [6, 6.07) is 0.710. The molecule has 4 nitrogen and oxygen atoms in total. The smallest absolute Gasteiger partial charge is 0.409 e. The Morgan fingerprint density at radius 1 is 1.46 bits per heavy atom. The van der Waals surface area contributed by atoms with Crippen LogP contribution in [0.25, 0.3) is 0 Å². The number of nitrogens with one attached hydrogen (secondary N) is 1. The van der Waals surface area contributed by atoms with Crippen molar-refractivity contribution < 1.29 is 9.53 Å². The number of rotatable bonds is 1. The van der Waals surface area contributed by atoms with E-state index in [1.165, 1.54) is 0 Å². The Balaban J connectivity index is 2.45. The van der Waals surface area contributed by atoms with E-state index in [0.29, 0.717) is 18.7 Å². The molecule has 0 aromatic carbocycles. The van der Waals surface area contributed by atoms with Gasteiger partial charge in [-0.3, -0.25) is 0 Å². The summed E-state index contributed by atoms with van der Waals surface area (Å²) in [4.78, 5) is 13.1. The Labute approximate surface area is 79.2 Å². The Kier molecular flexibility index (Phi) is 3.54. The number of ether oxygens (including phenoxy) is 1. The number of carbonyl (C=O) groups is 1. The minimum atomic E-state index is -0.192. The molecule has 1 heterocycles. The fourth-order valence-electron chi connectivity index (χ4n) is 1.69. The summed E-state index contributed by atoms with van der Waals surface area (Å²) in [7, 11) is 0. The van der Waals surface area contributed by atoms with E-state index >= 15 is 0 Å². The van der Waals surface area contributed by atoms with E-state index in [-0.39, 0.29) is 6.09 Å². The Hall–Kier alpha value is -0.770.